The normalized spacial score (nSPS) is 35.4. The van der Waals surface area contributed by atoms with Crippen LogP contribution in [0.15, 0.2) is 5.03 Å². The van der Waals surface area contributed by atoms with E-state index < -0.39 is 0 Å². The molecule has 1 saturated heterocycles. The Morgan fingerprint density at radius 2 is 1.83 bits per heavy atom. The van der Waals surface area contributed by atoms with Crippen LogP contribution in [0.3, 0.4) is 0 Å². The highest BCUT2D eigenvalue weighted by molar-refractivity contribution is 8.00. The molecule has 2 aromatic heterocycles. The minimum Gasteiger partial charge on any atom is -0.339 e. The summed E-state index contributed by atoms with van der Waals surface area (Å²) in [6.45, 7) is 5.55. The molecule has 1 aliphatic heterocycles. The van der Waals surface area contributed by atoms with Crippen molar-refractivity contribution in [1.82, 2.24) is 14.9 Å². The molecule has 0 radical (unpaired) electrons. The average Bonchev–Trinajstić information content (AvgIpc) is 3.23. The van der Waals surface area contributed by atoms with Gasteiger partial charge in [0, 0.05) is 28.3 Å². The van der Waals surface area contributed by atoms with Crippen LogP contribution in [-0.4, -0.2) is 39.1 Å². The molecule has 4 bridgehead atoms. The Balaban J connectivity index is 1.25. The predicted molar refractivity (Wildman–Crippen MR) is 149 cm³/mol. The summed E-state index contributed by atoms with van der Waals surface area (Å²) in [5, 5.41) is 2.43. The van der Waals surface area contributed by atoms with Gasteiger partial charge in [-0.25, -0.2) is 9.97 Å². The van der Waals surface area contributed by atoms with Gasteiger partial charge in [-0.1, -0.05) is 25.6 Å². The lowest BCUT2D eigenvalue weighted by Gasteiger charge is -2.56. The molecule has 194 valence electrons. The number of nitrogens with zero attached hydrogens (tertiary/aromatic N) is 3. The van der Waals surface area contributed by atoms with Gasteiger partial charge < -0.3 is 4.90 Å². The monoisotopic (exact) mass is 523 g/mol. The Morgan fingerprint density at radius 3 is 2.56 bits per heavy atom. The molecule has 0 N–H and O–H groups in total. The number of carbonyl (C=O) groups is 1. The van der Waals surface area contributed by atoms with Gasteiger partial charge in [-0.15, -0.1) is 11.3 Å². The Hall–Kier alpha value is -1.14. The van der Waals surface area contributed by atoms with Crippen LogP contribution < -0.4 is 0 Å². The summed E-state index contributed by atoms with van der Waals surface area (Å²) in [7, 11) is 0. The van der Waals surface area contributed by atoms with E-state index in [-0.39, 0.29) is 5.41 Å². The molecule has 0 spiro atoms. The number of aromatic nitrogens is 2. The molecule has 4 saturated carbocycles. The van der Waals surface area contributed by atoms with E-state index in [0.717, 1.165) is 66.8 Å². The molecule has 0 aromatic carbocycles. The van der Waals surface area contributed by atoms with Crippen LogP contribution in [0.2, 0.25) is 0 Å². The first-order chi connectivity index (χ1) is 17.5. The van der Waals surface area contributed by atoms with Gasteiger partial charge in [0.15, 0.2) is 0 Å². The first kappa shape index (κ1) is 23.9. The van der Waals surface area contributed by atoms with Gasteiger partial charge >= 0.3 is 0 Å². The van der Waals surface area contributed by atoms with Crippen LogP contribution in [-0.2, 0) is 23.1 Å². The van der Waals surface area contributed by atoms with Gasteiger partial charge in [-0.2, -0.15) is 0 Å². The highest BCUT2D eigenvalue weighted by Crippen LogP contribution is 2.60. The number of thiophene rings is 1. The van der Waals surface area contributed by atoms with Crippen molar-refractivity contribution >= 4 is 39.2 Å². The number of carbonyl (C=O) groups excluding carboxylic acids is 1. The van der Waals surface area contributed by atoms with E-state index in [1.54, 1.807) is 11.8 Å². The lowest BCUT2D eigenvalue weighted by molar-refractivity contribution is -0.132. The van der Waals surface area contributed by atoms with E-state index in [2.05, 4.69) is 18.7 Å². The van der Waals surface area contributed by atoms with Crippen LogP contribution in [0.5, 0.6) is 0 Å². The van der Waals surface area contributed by atoms with Crippen molar-refractivity contribution in [1.29, 1.82) is 0 Å². The molecule has 8 rings (SSSR count). The third kappa shape index (κ3) is 4.04. The van der Waals surface area contributed by atoms with E-state index in [0.29, 0.717) is 17.7 Å². The van der Waals surface area contributed by atoms with Crippen LogP contribution >= 0.6 is 23.1 Å². The van der Waals surface area contributed by atoms with Gasteiger partial charge in [0.05, 0.1) is 5.75 Å². The molecule has 6 aliphatic rings. The zero-order chi connectivity index (χ0) is 24.4. The van der Waals surface area contributed by atoms with E-state index in [1.807, 2.05) is 11.3 Å². The van der Waals surface area contributed by atoms with Gasteiger partial charge in [-0.3, -0.25) is 4.79 Å². The van der Waals surface area contributed by atoms with Crippen molar-refractivity contribution in [2.24, 2.45) is 23.7 Å². The van der Waals surface area contributed by atoms with Gasteiger partial charge in [0.25, 0.3) is 0 Å². The molecule has 36 heavy (non-hydrogen) atoms. The first-order valence-corrected chi connectivity index (χ1v) is 16.6. The van der Waals surface area contributed by atoms with Crippen LogP contribution in [0.4, 0.5) is 0 Å². The number of rotatable bonds is 5. The summed E-state index contributed by atoms with van der Waals surface area (Å²) >= 11 is 3.67. The van der Waals surface area contributed by atoms with E-state index >= 15 is 0 Å². The molecular weight excluding hydrogens is 482 g/mol. The van der Waals surface area contributed by atoms with Crippen LogP contribution in [0, 0.1) is 23.7 Å². The Morgan fingerprint density at radius 1 is 1.08 bits per heavy atom. The van der Waals surface area contributed by atoms with Crippen molar-refractivity contribution in [3.63, 3.8) is 0 Å². The predicted octanol–water partition coefficient (Wildman–Crippen LogP) is 7.17. The fourth-order valence-corrected chi connectivity index (χ4v) is 11.4. The summed E-state index contributed by atoms with van der Waals surface area (Å²) in [6.07, 6.45) is 16.4. The number of piperidine rings is 1. The Bertz CT molecular complexity index is 1140. The molecule has 4 nitrogen and oxygen atoms in total. The van der Waals surface area contributed by atoms with Gasteiger partial charge in [-0.05, 0) is 113 Å². The summed E-state index contributed by atoms with van der Waals surface area (Å²) in [5.41, 5.74) is 1.70. The van der Waals surface area contributed by atoms with E-state index in [1.165, 1.54) is 78.4 Å². The maximum atomic E-state index is 13.4. The largest absolute Gasteiger partial charge is 0.339 e. The molecule has 2 aromatic rings. The van der Waals surface area contributed by atoms with Crippen LogP contribution in [0.1, 0.15) is 101 Å². The van der Waals surface area contributed by atoms with Gasteiger partial charge in [0.2, 0.25) is 5.91 Å². The molecule has 5 fully saturated rings. The minimum atomic E-state index is 0.195. The van der Waals surface area contributed by atoms with E-state index in [9.17, 15) is 4.79 Å². The van der Waals surface area contributed by atoms with Crippen molar-refractivity contribution in [2.45, 2.75) is 114 Å². The maximum absolute atomic E-state index is 13.4. The molecule has 2 atom stereocenters. The fourth-order valence-electron chi connectivity index (χ4n) is 9.00. The Labute approximate surface area is 224 Å². The molecule has 3 heterocycles. The quantitative estimate of drug-likeness (QED) is 0.308. The number of thioether (sulfide) groups is 1. The second kappa shape index (κ2) is 9.25. The lowest BCUT2D eigenvalue weighted by atomic mass is 9.49. The van der Waals surface area contributed by atoms with Crippen molar-refractivity contribution in [3.05, 3.63) is 16.3 Å². The maximum Gasteiger partial charge on any atom is 0.233 e. The third-order valence-corrected chi connectivity index (χ3v) is 12.5. The summed E-state index contributed by atoms with van der Waals surface area (Å²) in [4.78, 5) is 29.2. The number of fused-ring (bicyclic) bond motifs is 3. The number of hydrogen-bond acceptors (Lipinski definition) is 5. The molecule has 1 amide bonds. The highest BCUT2D eigenvalue weighted by Gasteiger charge is 2.53. The number of hydrogen-bond donors (Lipinski definition) is 0. The highest BCUT2D eigenvalue weighted by atomic mass is 32.2. The Kier molecular flexibility index (Phi) is 6.15. The first-order valence-electron chi connectivity index (χ1n) is 14.8. The third-order valence-electron chi connectivity index (χ3n) is 10.4. The summed E-state index contributed by atoms with van der Waals surface area (Å²) in [5.74, 6) is 5.38. The van der Waals surface area contributed by atoms with Crippen LogP contribution in [0.25, 0.3) is 10.2 Å². The number of amides is 1. The van der Waals surface area contributed by atoms with Crippen molar-refractivity contribution in [3.8, 4) is 0 Å². The minimum absolute atomic E-state index is 0.195. The smallest absolute Gasteiger partial charge is 0.233 e. The lowest BCUT2D eigenvalue weighted by Crippen LogP contribution is -2.49. The molecule has 5 aliphatic carbocycles. The average molecular weight is 524 g/mol. The second-order valence-corrected chi connectivity index (χ2v) is 15.1. The molecule has 6 heteroatoms. The summed E-state index contributed by atoms with van der Waals surface area (Å²) < 4.78 is 0. The van der Waals surface area contributed by atoms with E-state index in [4.69, 9.17) is 9.97 Å². The fraction of sp³-hybridized carbons (Fsp3) is 0.767. The second-order valence-electron chi connectivity index (χ2n) is 13.0. The molecule has 0 unspecified atom stereocenters. The number of likely N-dealkylation sites (tertiary alicyclic amines) is 1. The topological polar surface area (TPSA) is 46.1 Å². The van der Waals surface area contributed by atoms with Crippen molar-refractivity contribution in [2.75, 3.05) is 12.3 Å². The SMILES string of the molecule is CC[C@H]1CCCCN1C(=O)CSc1nc(C23CC4CC(CC(C4)C2)C3)nc2sc3c(c12)CC[C@@H](C)C3. The zero-order valence-corrected chi connectivity index (χ0v) is 23.7. The summed E-state index contributed by atoms with van der Waals surface area (Å²) in [6, 6.07) is 0.426. The van der Waals surface area contributed by atoms with Gasteiger partial charge in [0.1, 0.15) is 15.7 Å². The zero-order valence-electron chi connectivity index (χ0n) is 22.1. The standard InChI is InChI=1S/C30H41N3OS2/c1-3-22-6-4-5-9-33(22)25(34)17-35-27-26-23-8-7-18(2)10-24(23)36-28(26)32-29(31-27)30-14-19-11-20(15-30)13-21(12-19)16-30/h18-22H,3-17H2,1-2H3/t18-,19?,20?,21?,22+,30?/m1/s1. The number of aryl methyl sites for hydroxylation is 1. The molecular formula is C30H41N3OS2. The van der Waals surface area contributed by atoms with Crippen molar-refractivity contribution < 1.29 is 4.79 Å².